The van der Waals surface area contributed by atoms with Crippen molar-refractivity contribution in [2.24, 2.45) is 0 Å². The fourth-order valence-corrected chi connectivity index (χ4v) is 1.97. The lowest BCUT2D eigenvalue weighted by molar-refractivity contribution is -0.202. The fraction of sp³-hybridized carbons (Fsp3) is 0.429. The van der Waals surface area contributed by atoms with Crippen molar-refractivity contribution in [3.63, 3.8) is 0 Å². The van der Waals surface area contributed by atoms with E-state index in [2.05, 4.69) is 0 Å². The number of alkyl halides is 2. The van der Waals surface area contributed by atoms with Crippen LogP contribution in [-0.2, 0) is 14.3 Å². The zero-order valence-corrected chi connectivity index (χ0v) is 11.2. The molecule has 0 aliphatic carbocycles. The van der Waals surface area contributed by atoms with Crippen molar-refractivity contribution in [3.05, 3.63) is 35.9 Å². The monoisotopic (exact) mass is 300 g/mol. The minimum Gasteiger partial charge on any atom is -0.459 e. The summed E-state index contributed by atoms with van der Waals surface area (Å²) in [6.07, 6.45) is -3.01. The van der Waals surface area contributed by atoms with Gasteiger partial charge in [-0.15, -0.1) is 0 Å². The van der Waals surface area contributed by atoms with E-state index in [4.69, 9.17) is 9.47 Å². The van der Waals surface area contributed by atoms with Crippen molar-refractivity contribution in [3.8, 4) is 0 Å². The molecule has 0 bridgehead atoms. The molecule has 0 unspecified atom stereocenters. The normalized spacial score (nSPS) is 27.3. The maximum atomic E-state index is 13.7. The molecule has 0 radical (unpaired) electrons. The third-order valence-electron chi connectivity index (χ3n) is 3.21. The smallest absolute Gasteiger partial charge is 0.338 e. The van der Waals surface area contributed by atoms with Crippen LogP contribution in [0.25, 0.3) is 0 Å². The molecule has 1 aliphatic rings. The van der Waals surface area contributed by atoms with Gasteiger partial charge in [0, 0.05) is 6.92 Å². The average Bonchev–Trinajstić information content (AvgIpc) is 2.67. The van der Waals surface area contributed by atoms with Crippen molar-refractivity contribution in [2.75, 3.05) is 6.61 Å². The molecule has 1 aromatic rings. The molecule has 0 amide bonds. The van der Waals surface area contributed by atoms with Gasteiger partial charge >= 0.3 is 5.97 Å². The first-order chi connectivity index (χ1) is 9.74. The van der Waals surface area contributed by atoms with Gasteiger partial charge in [0.15, 0.2) is 11.9 Å². The van der Waals surface area contributed by atoms with Gasteiger partial charge in [0.25, 0.3) is 5.92 Å². The van der Waals surface area contributed by atoms with Crippen LogP contribution in [0.15, 0.2) is 30.3 Å². The van der Waals surface area contributed by atoms with Crippen molar-refractivity contribution in [1.29, 1.82) is 0 Å². The Morgan fingerprint density at radius 1 is 1.38 bits per heavy atom. The maximum Gasteiger partial charge on any atom is 0.338 e. The van der Waals surface area contributed by atoms with E-state index >= 15 is 0 Å². The van der Waals surface area contributed by atoms with Gasteiger partial charge in [-0.25, -0.2) is 13.6 Å². The third-order valence-corrected chi connectivity index (χ3v) is 3.21. The number of Topliss-reactive ketones (excluding diaryl/α,β-unsaturated/α-hetero) is 1. The van der Waals surface area contributed by atoms with Crippen LogP contribution < -0.4 is 0 Å². The van der Waals surface area contributed by atoms with Crippen molar-refractivity contribution in [2.45, 2.75) is 31.2 Å². The molecule has 1 saturated heterocycles. The van der Waals surface area contributed by atoms with Gasteiger partial charge in [-0.2, -0.15) is 0 Å². The van der Waals surface area contributed by atoms with Crippen LogP contribution in [0.3, 0.4) is 0 Å². The van der Waals surface area contributed by atoms with Crippen LogP contribution in [0.4, 0.5) is 8.78 Å². The molecular formula is C14H14F2O5. The highest BCUT2D eigenvalue weighted by atomic mass is 19.3. The van der Waals surface area contributed by atoms with Gasteiger partial charge in [0.2, 0.25) is 5.79 Å². The van der Waals surface area contributed by atoms with Crippen LogP contribution >= 0.6 is 0 Å². The van der Waals surface area contributed by atoms with Gasteiger partial charge in [0.05, 0.1) is 12.0 Å². The Morgan fingerprint density at radius 2 is 2.00 bits per heavy atom. The highest BCUT2D eigenvalue weighted by Crippen LogP contribution is 2.41. The first-order valence-electron chi connectivity index (χ1n) is 6.26. The zero-order valence-electron chi connectivity index (χ0n) is 11.2. The van der Waals surface area contributed by atoms with Gasteiger partial charge < -0.3 is 14.6 Å². The summed E-state index contributed by atoms with van der Waals surface area (Å²) in [5.41, 5.74) is 0.209. The summed E-state index contributed by atoms with van der Waals surface area (Å²) in [5.74, 6) is -7.70. The topological polar surface area (TPSA) is 72.8 Å². The van der Waals surface area contributed by atoms with Gasteiger partial charge in [0.1, 0.15) is 6.61 Å². The number of hydrogen-bond donors (Lipinski definition) is 1. The molecule has 1 fully saturated rings. The number of rotatable bonds is 4. The largest absolute Gasteiger partial charge is 0.459 e. The minimum absolute atomic E-state index is 0.209. The molecule has 0 saturated carbocycles. The van der Waals surface area contributed by atoms with Gasteiger partial charge in [-0.05, 0) is 12.1 Å². The van der Waals surface area contributed by atoms with E-state index in [0.717, 1.165) is 6.92 Å². The second-order valence-corrected chi connectivity index (χ2v) is 4.85. The molecule has 21 heavy (non-hydrogen) atoms. The van der Waals surface area contributed by atoms with Gasteiger partial charge in [-0.1, -0.05) is 18.2 Å². The number of halogens is 2. The molecule has 1 heterocycles. The molecule has 2 atom stereocenters. The number of ether oxygens (including phenoxy) is 2. The Morgan fingerprint density at radius 3 is 2.52 bits per heavy atom. The van der Waals surface area contributed by atoms with E-state index in [1.165, 1.54) is 12.1 Å². The van der Waals surface area contributed by atoms with Crippen molar-refractivity contribution in [1.82, 2.24) is 0 Å². The third kappa shape index (κ3) is 3.25. The Bertz CT molecular complexity index is 546. The zero-order chi connectivity index (χ0) is 15.7. The standard InChI is InChI=1S/C14H14F2O5/c1-9(17)14(19)8-13(15,16)11(21-14)7-20-12(18)10-5-3-2-4-6-10/h2-6,11,19H,7-8H2,1H3/t11-,14-/m1/s1. The van der Waals surface area contributed by atoms with Crippen LogP contribution in [0.1, 0.15) is 23.7 Å². The number of ketones is 1. The van der Waals surface area contributed by atoms with E-state index < -0.39 is 42.6 Å². The van der Waals surface area contributed by atoms with Crippen LogP contribution in [0, 0.1) is 0 Å². The first-order valence-corrected chi connectivity index (χ1v) is 6.26. The number of hydrogen-bond acceptors (Lipinski definition) is 5. The number of carbonyl (C=O) groups excluding carboxylic acids is 2. The number of esters is 1. The van der Waals surface area contributed by atoms with Crippen LogP contribution in [-0.4, -0.2) is 41.3 Å². The molecule has 0 aromatic heterocycles. The molecule has 2 rings (SSSR count). The summed E-state index contributed by atoms with van der Waals surface area (Å²) >= 11 is 0. The number of carbonyl (C=O) groups is 2. The molecular weight excluding hydrogens is 286 g/mol. The molecule has 1 N–H and O–H groups in total. The summed E-state index contributed by atoms with van der Waals surface area (Å²) in [4.78, 5) is 22.8. The summed E-state index contributed by atoms with van der Waals surface area (Å²) < 4.78 is 36.8. The lowest BCUT2D eigenvalue weighted by Gasteiger charge is -2.19. The quantitative estimate of drug-likeness (QED) is 0.854. The van der Waals surface area contributed by atoms with E-state index in [1.54, 1.807) is 18.2 Å². The molecule has 1 aliphatic heterocycles. The summed E-state index contributed by atoms with van der Waals surface area (Å²) in [6.45, 7) is 0.199. The van der Waals surface area contributed by atoms with Crippen LogP contribution in [0.2, 0.25) is 0 Å². The Balaban J connectivity index is 2.00. The number of aliphatic hydroxyl groups is 1. The van der Waals surface area contributed by atoms with E-state index in [-0.39, 0.29) is 5.56 Å². The average molecular weight is 300 g/mol. The SMILES string of the molecule is CC(=O)[C@@]1(O)CC(F)(F)[C@@H](COC(=O)c2ccccc2)O1. The van der Waals surface area contributed by atoms with Crippen LogP contribution in [0.5, 0.6) is 0 Å². The number of benzene rings is 1. The second kappa shape index (κ2) is 5.50. The second-order valence-electron chi connectivity index (χ2n) is 4.85. The van der Waals surface area contributed by atoms with E-state index in [9.17, 15) is 23.5 Å². The lowest BCUT2D eigenvalue weighted by atomic mass is 10.1. The highest BCUT2D eigenvalue weighted by Gasteiger charge is 2.60. The summed E-state index contributed by atoms with van der Waals surface area (Å²) in [7, 11) is 0. The van der Waals surface area contributed by atoms with Gasteiger partial charge in [-0.3, -0.25) is 4.79 Å². The maximum absolute atomic E-state index is 13.7. The fourth-order valence-electron chi connectivity index (χ4n) is 1.97. The molecule has 0 spiro atoms. The highest BCUT2D eigenvalue weighted by molar-refractivity contribution is 5.89. The predicted molar refractivity (Wildman–Crippen MR) is 66.8 cm³/mol. The Hall–Kier alpha value is -1.86. The molecule has 7 heteroatoms. The molecule has 1 aromatic carbocycles. The Labute approximate surface area is 119 Å². The van der Waals surface area contributed by atoms with E-state index in [0.29, 0.717) is 0 Å². The predicted octanol–water partition coefficient (Wildman–Crippen LogP) is 1.55. The lowest BCUT2D eigenvalue weighted by Crippen LogP contribution is -2.37. The summed E-state index contributed by atoms with van der Waals surface area (Å²) in [6, 6.07) is 7.85. The van der Waals surface area contributed by atoms with Crippen molar-refractivity contribution < 1.29 is 33.0 Å². The first kappa shape index (κ1) is 15.5. The Kier molecular flexibility index (Phi) is 4.06. The van der Waals surface area contributed by atoms with Crippen molar-refractivity contribution >= 4 is 11.8 Å². The molecule has 5 nitrogen and oxygen atoms in total. The summed E-state index contributed by atoms with van der Waals surface area (Å²) in [5, 5.41) is 9.66. The molecule has 114 valence electrons. The minimum atomic E-state index is -3.46. The van der Waals surface area contributed by atoms with E-state index in [1.807, 2.05) is 0 Å².